The molecule has 0 spiro atoms. The average Bonchev–Trinajstić information content (AvgIpc) is 2.41. The molecule has 2 unspecified atom stereocenters. The maximum Gasteiger partial charge on any atom is 0.496 e. The number of ether oxygens (including phenoxy) is 1. The van der Waals surface area contributed by atoms with E-state index in [1.165, 1.54) is 7.11 Å². The van der Waals surface area contributed by atoms with Crippen molar-refractivity contribution >= 4 is 14.8 Å². The second kappa shape index (κ2) is 4.39. The lowest BCUT2D eigenvalue weighted by atomic mass is 9.89. The van der Waals surface area contributed by atoms with Crippen LogP contribution < -0.4 is 0 Å². The third-order valence-corrected chi connectivity index (χ3v) is 4.23. The first-order chi connectivity index (χ1) is 8.13. The van der Waals surface area contributed by atoms with Crippen LogP contribution >= 0.6 is 0 Å². The highest BCUT2D eigenvalue weighted by molar-refractivity contribution is 6.58. The Morgan fingerprint density at radius 3 is 2.79 bits per heavy atom. The number of hydrogen-bond donors (Lipinski definition) is 3. The molecule has 1 saturated carbocycles. The van der Waals surface area contributed by atoms with Gasteiger partial charge in [-0.25, -0.2) is 0 Å². The monoisotopic (exact) mass is 226 g/mol. The Kier molecular flexibility index (Phi) is 2.45. The number of rotatable bonds is 5. The number of esters is 1. The van der Waals surface area contributed by atoms with Crippen LogP contribution in [0, 0.1) is 5.92 Å². The Hall–Kier alpha value is -0.433. The molecule has 6 heteroatoms. The maximum absolute atomic E-state index is 11.4. The van der Waals surface area contributed by atoms with Gasteiger partial charge in [-0.15, -0.1) is 0 Å². The normalized spacial score (nSPS) is 31.4. The van der Waals surface area contributed by atoms with Gasteiger partial charge in [0, 0.05) is 5.54 Å². The van der Waals surface area contributed by atoms with Gasteiger partial charge in [0.05, 0.1) is 13.0 Å². The molecule has 0 aromatic carbocycles. The summed E-state index contributed by atoms with van der Waals surface area (Å²) in [5.41, 5.74) is -0.382. The van der Waals surface area contributed by atoms with Crippen LogP contribution in [0.25, 0.3) is 0 Å². The second-order valence-corrected chi connectivity index (χ2v) is 5.71. The lowest BCUT2D eigenvalue weighted by molar-refractivity contribution is -0.146. The molecule has 0 aromatic heterocycles. The van der Waals surface area contributed by atoms with Gasteiger partial charge in [-0.1, -0.05) is 6.42 Å². The van der Waals surface area contributed by atoms with Crippen molar-refractivity contribution in [1.82, 2.24) is 0 Å². The summed E-state index contributed by atoms with van der Waals surface area (Å²) in [6.45, 7) is 0. The Morgan fingerprint density at radius 2 is 2.21 bits per heavy atom. The summed E-state index contributed by atoms with van der Waals surface area (Å²) in [6, 6.07) is 0. The van der Waals surface area contributed by atoms with E-state index in [0.29, 0.717) is 19.3 Å². The van der Waals surface area contributed by atoms with Gasteiger partial charge < -0.3 is 19.1 Å². The van der Waals surface area contributed by atoms with E-state index in [4.69, 9.17) is 4.29 Å². The predicted molar refractivity (Wildman–Crippen MR) is 50.1 cm³/mol. The molecule has 82 valence electrons. The van der Waals surface area contributed by atoms with Crippen LogP contribution in [0.3, 0.4) is 0 Å². The summed E-state index contributed by atoms with van der Waals surface area (Å²) in [4.78, 5) is 24.5. The smallest absolute Gasteiger partial charge is 0.469 e. The molecule has 1 aliphatic rings. The molecule has 1 aliphatic carbocycles. The average molecular weight is 226 g/mol. The number of hydrogen-bond acceptors (Lipinski definition) is 5. The van der Waals surface area contributed by atoms with Crippen LogP contribution in [-0.4, -0.2) is 40.6 Å². The van der Waals surface area contributed by atoms with Gasteiger partial charge in [0.15, 0.2) is 4.29 Å². The highest BCUT2D eigenvalue weighted by Gasteiger charge is 2.43. The summed E-state index contributed by atoms with van der Waals surface area (Å²) in [5.74, 6) is -0.622. The fourth-order valence-electron chi connectivity index (χ4n) is 1.89. The summed E-state index contributed by atoms with van der Waals surface area (Å²) >= 11 is 0. The first-order valence-corrected chi connectivity index (χ1v) is 6.44. The largest absolute Gasteiger partial charge is 0.496 e. The molecule has 0 bridgehead atoms. The topological polar surface area (TPSA) is 87.0 Å². The van der Waals surface area contributed by atoms with Gasteiger partial charge in [0.1, 0.15) is 0 Å². The van der Waals surface area contributed by atoms with Crippen molar-refractivity contribution in [1.29, 1.82) is 4.29 Å². The van der Waals surface area contributed by atoms with Crippen LogP contribution in [0.15, 0.2) is 0 Å². The van der Waals surface area contributed by atoms with E-state index >= 15 is 0 Å². The zero-order valence-electron chi connectivity index (χ0n) is 11.0. The molecule has 0 amide bonds. The minimum absolute atomic E-state index is 0.300. The van der Waals surface area contributed by atoms with Crippen molar-refractivity contribution in [3.8, 4) is 0 Å². The van der Waals surface area contributed by atoms with Crippen molar-refractivity contribution < 1.29 is 23.9 Å². The van der Waals surface area contributed by atoms with E-state index in [1.54, 1.807) is 0 Å². The molecule has 14 heavy (non-hydrogen) atoms. The van der Waals surface area contributed by atoms with E-state index in [1.807, 2.05) is 0 Å². The number of carbonyl (C=O) groups is 1. The van der Waals surface area contributed by atoms with Gasteiger partial charge >= 0.3 is 14.8 Å². The van der Waals surface area contributed by atoms with E-state index in [2.05, 4.69) is 19.1 Å². The molecule has 0 aromatic rings. The molecule has 5 nitrogen and oxygen atoms in total. The fourth-order valence-corrected chi connectivity index (χ4v) is 3.02. The Bertz CT molecular complexity index is 255. The molecule has 3 N–H and O–H groups in total. The highest BCUT2D eigenvalue weighted by atomic mass is 28.4. The van der Waals surface area contributed by atoms with Gasteiger partial charge in [-0.2, -0.15) is 0 Å². The van der Waals surface area contributed by atoms with Gasteiger partial charge in [-0.05, 0) is 19.3 Å². The molecular weight excluding hydrogens is 204 g/mol. The SMILES string of the molecule is [3H]O[Si](O[3H])(O[3H])C1CCCC(C(=O)OC)C1. The van der Waals surface area contributed by atoms with E-state index in [-0.39, 0.29) is 17.4 Å². The van der Waals surface area contributed by atoms with Crippen molar-refractivity contribution in [3.05, 3.63) is 0 Å². The summed E-state index contributed by atoms with van der Waals surface area (Å²) in [5, 5.41) is 0. The van der Waals surface area contributed by atoms with Crippen molar-refractivity contribution in [2.75, 3.05) is 7.11 Å². The Labute approximate surface area is 88.2 Å². The van der Waals surface area contributed by atoms with Crippen LogP contribution in [-0.2, 0) is 9.53 Å². The lowest BCUT2D eigenvalue weighted by Crippen LogP contribution is -2.43. The zero-order chi connectivity index (χ0) is 12.9. The zero-order valence-corrected chi connectivity index (χ0v) is 9.02. The van der Waals surface area contributed by atoms with Crippen molar-refractivity contribution in [2.45, 2.75) is 31.2 Å². The minimum Gasteiger partial charge on any atom is -0.469 e. The molecule has 0 aliphatic heterocycles. The molecule has 0 saturated heterocycles. The minimum atomic E-state index is -3.62. The van der Waals surface area contributed by atoms with Gasteiger partial charge in [0.25, 0.3) is 0 Å². The lowest BCUT2D eigenvalue weighted by Gasteiger charge is -2.30. The van der Waals surface area contributed by atoms with Gasteiger partial charge in [-0.3, -0.25) is 4.79 Å². The molecular formula is C8H16O5Si. The Morgan fingerprint density at radius 1 is 1.50 bits per heavy atom. The molecule has 1 rings (SSSR count). The summed E-state index contributed by atoms with van der Waals surface area (Å²) in [6.07, 6.45) is 2.42. The number of carbonyl (C=O) groups excluding carboxylic acids is 1. The van der Waals surface area contributed by atoms with Gasteiger partial charge in [0.2, 0.25) is 0 Å². The third kappa shape index (κ3) is 2.78. The second-order valence-electron chi connectivity index (χ2n) is 3.69. The van der Waals surface area contributed by atoms with Crippen molar-refractivity contribution in [2.24, 2.45) is 5.92 Å². The highest BCUT2D eigenvalue weighted by Crippen LogP contribution is 2.37. The molecule has 0 radical (unpaired) electrons. The van der Waals surface area contributed by atoms with Crippen LogP contribution in [0.5, 0.6) is 0 Å². The van der Waals surface area contributed by atoms with Crippen LogP contribution in [0.4, 0.5) is 0 Å². The summed E-state index contributed by atoms with van der Waals surface area (Å²) < 4.78 is 25.4. The first kappa shape index (κ1) is 7.81. The quantitative estimate of drug-likeness (QED) is 0.440. The molecule has 2 atom stereocenters. The van der Waals surface area contributed by atoms with E-state index in [0.717, 1.165) is 6.42 Å². The van der Waals surface area contributed by atoms with Crippen molar-refractivity contribution in [3.63, 3.8) is 0 Å². The predicted octanol–water partition coefficient (Wildman–Crippen LogP) is -0.364. The summed E-state index contributed by atoms with van der Waals surface area (Å²) in [7, 11) is -2.31. The standard InChI is InChI=1S/C8H16O5Si/c1-13-8(9)6-3-2-4-7(5-6)14(10,11)12/h6-7,10-12H,2-5H2,1H3/i10T,11T,12T. The first-order valence-electron chi connectivity index (χ1n) is 5.86. The Balaban J connectivity index is 2.73. The number of methoxy groups -OCH3 is 1. The van der Waals surface area contributed by atoms with Crippen LogP contribution in [0.1, 0.15) is 25.7 Å². The third-order valence-electron chi connectivity index (χ3n) is 2.71. The molecule has 1 fully saturated rings. The maximum atomic E-state index is 11.4. The fraction of sp³-hybridized carbons (Fsp3) is 0.875. The van der Waals surface area contributed by atoms with E-state index < -0.39 is 8.80 Å². The van der Waals surface area contributed by atoms with E-state index in [9.17, 15) is 4.79 Å². The molecule has 0 heterocycles. The van der Waals surface area contributed by atoms with Crippen LogP contribution in [0.2, 0.25) is 5.54 Å².